The highest BCUT2D eigenvalue weighted by atomic mass is 35.5. The zero-order chi connectivity index (χ0) is 25.0. The third-order valence-electron chi connectivity index (χ3n) is 4.00. The van der Waals surface area contributed by atoms with Crippen LogP contribution in [0, 0.1) is 13.8 Å². The second-order valence-corrected chi connectivity index (χ2v) is 8.86. The minimum atomic E-state index is -4.42. The van der Waals surface area contributed by atoms with E-state index in [-0.39, 0.29) is 52.1 Å². The quantitative estimate of drug-likeness (QED) is 0.555. The molecule has 1 N–H and O–H groups in total. The number of aromatic nitrogens is 1. The molecule has 29 heavy (non-hydrogen) atoms. The van der Waals surface area contributed by atoms with Gasteiger partial charge in [0.15, 0.2) is 17.3 Å². The molecule has 2 aromatic heterocycles. The van der Waals surface area contributed by atoms with E-state index in [0.717, 1.165) is 11.3 Å². The average Bonchev–Trinajstić information content (AvgIpc) is 3.49. The van der Waals surface area contributed by atoms with Crippen LogP contribution in [0.5, 0.6) is 11.5 Å². The fourth-order valence-corrected chi connectivity index (χ4v) is 5.15. The Balaban J connectivity index is 1.64. The Morgan fingerprint density at radius 2 is 2.17 bits per heavy atom. The molecule has 1 aliphatic rings. The number of benzene rings is 1. The molecule has 0 aliphatic carbocycles. The Labute approximate surface area is 182 Å². The lowest BCUT2D eigenvalue weighted by Gasteiger charge is -2.09. The largest absolute Gasteiger partial charge is 0.454 e. The van der Waals surface area contributed by atoms with Gasteiger partial charge in [-0.2, -0.15) is 0 Å². The lowest BCUT2D eigenvalue weighted by Crippen LogP contribution is -2.16. The summed E-state index contributed by atoms with van der Waals surface area (Å²) in [5.41, 5.74) is -0.0576. The normalized spacial score (nSPS) is 15.9. The Morgan fingerprint density at radius 1 is 1.41 bits per heavy atom. The first-order valence-electron chi connectivity index (χ1n) is 10.5. The van der Waals surface area contributed by atoms with Gasteiger partial charge in [0.25, 0.3) is 15.9 Å². The number of nitrogens with zero attached hydrogens (tertiary/aromatic N) is 1. The highest BCUT2D eigenvalue weighted by molar-refractivity contribution is 7.93. The van der Waals surface area contributed by atoms with Gasteiger partial charge in [-0.05, 0) is 48.4 Å². The molecule has 8 nitrogen and oxygen atoms in total. The van der Waals surface area contributed by atoms with Crippen molar-refractivity contribution in [2.75, 3.05) is 11.5 Å². The number of thiophene rings is 1. The van der Waals surface area contributed by atoms with Crippen LogP contribution in [-0.4, -0.2) is 26.2 Å². The van der Waals surface area contributed by atoms with Crippen molar-refractivity contribution in [2.45, 2.75) is 25.1 Å². The minimum absolute atomic E-state index is 0.0167. The van der Waals surface area contributed by atoms with E-state index in [4.69, 9.17) is 32.5 Å². The number of halogens is 1. The molecule has 3 aromatic rings. The van der Waals surface area contributed by atoms with Crippen molar-refractivity contribution in [2.24, 2.45) is 0 Å². The standard InChI is InChI=1S/C18H15ClN2O6S2/c1-9-5-13-14(26-8-25-13)7-11(9)6-12(22)17-15(3-4-28-17)29(23,24)21-18-16(19)10(2)20-27-18/h3-5,7,21H,6,8H2,1-2H3/i2D3,5D,7D. The number of anilines is 1. The molecule has 0 amide bonds. The van der Waals surface area contributed by atoms with Gasteiger partial charge in [0, 0.05) is 10.5 Å². The van der Waals surface area contributed by atoms with Crippen LogP contribution in [-0.2, 0) is 16.4 Å². The number of fused-ring (bicyclic) bond motifs is 1. The summed E-state index contributed by atoms with van der Waals surface area (Å²) in [6.45, 7) is -1.30. The van der Waals surface area contributed by atoms with Crippen LogP contribution in [0.25, 0.3) is 0 Å². The van der Waals surface area contributed by atoms with Crippen molar-refractivity contribution in [3.05, 3.63) is 50.3 Å². The zero-order valence-electron chi connectivity index (χ0n) is 19.7. The van der Waals surface area contributed by atoms with E-state index >= 15 is 0 Å². The number of hydrogen-bond acceptors (Lipinski definition) is 8. The molecule has 1 aromatic carbocycles. The molecule has 0 spiro atoms. The van der Waals surface area contributed by atoms with Crippen LogP contribution in [0.2, 0.25) is 5.02 Å². The predicted octanol–water partition coefficient (Wildman–Crippen LogP) is 3.96. The summed E-state index contributed by atoms with van der Waals surface area (Å²) in [7, 11) is -4.42. The Hall–Kier alpha value is -2.56. The molecule has 3 heterocycles. The number of rotatable bonds is 6. The topological polar surface area (TPSA) is 108 Å². The second kappa shape index (κ2) is 7.36. The molecule has 0 bridgehead atoms. The van der Waals surface area contributed by atoms with Crippen molar-refractivity contribution in [3.63, 3.8) is 0 Å². The maximum absolute atomic E-state index is 13.1. The monoisotopic (exact) mass is 459 g/mol. The zero-order valence-corrected chi connectivity index (χ0v) is 17.0. The summed E-state index contributed by atoms with van der Waals surface area (Å²) in [6, 6.07) is 1.07. The lowest BCUT2D eigenvalue weighted by atomic mass is 10.0. The van der Waals surface area contributed by atoms with E-state index in [1.807, 2.05) is 4.72 Å². The molecule has 4 rings (SSSR count). The molecule has 0 radical (unpaired) electrons. The highest BCUT2D eigenvalue weighted by Crippen LogP contribution is 2.36. The van der Waals surface area contributed by atoms with E-state index in [2.05, 4.69) is 5.16 Å². The number of carbonyl (C=O) groups excluding carboxylic acids is 1. The molecule has 0 saturated carbocycles. The van der Waals surface area contributed by atoms with Crippen molar-refractivity contribution < 1.29 is 34.1 Å². The summed E-state index contributed by atoms with van der Waals surface area (Å²) in [5, 5.41) is 4.17. The Kier molecular flexibility index (Phi) is 3.66. The number of ether oxygens (including phenoxy) is 2. The molecular weight excluding hydrogens is 440 g/mol. The number of carbonyl (C=O) groups is 1. The Morgan fingerprint density at radius 3 is 2.90 bits per heavy atom. The first-order chi connectivity index (χ1) is 15.8. The molecule has 11 heteroatoms. The maximum Gasteiger partial charge on any atom is 0.265 e. The molecule has 0 fully saturated rings. The smallest absolute Gasteiger partial charge is 0.265 e. The number of hydrogen-bond donors (Lipinski definition) is 1. The van der Waals surface area contributed by atoms with Gasteiger partial charge in [0.05, 0.1) is 7.62 Å². The highest BCUT2D eigenvalue weighted by Gasteiger charge is 2.27. The summed E-state index contributed by atoms with van der Waals surface area (Å²) in [5.74, 6) is -1.03. The van der Waals surface area contributed by atoms with Crippen molar-refractivity contribution in [1.29, 1.82) is 0 Å². The predicted molar refractivity (Wildman–Crippen MR) is 107 cm³/mol. The van der Waals surface area contributed by atoms with Crippen LogP contribution in [0.4, 0.5) is 5.88 Å². The molecular formula is C18H15ClN2O6S2. The van der Waals surface area contributed by atoms with Gasteiger partial charge in [-0.3, -0.25) is 4.79 Å². The van der Waals surface area contributed by atoms with Gasteiger partial charge in [-0.25, -0.2) is 13.1 Å². The second-order valence-electron chi connectivity index (χ2n) is 5.91. The molecule has 1 aliphatic heterocycles. The van der Waals surface area contributed by atoms with E-state index in [0.29, 0.717) is 5.56 Å². The number of nitrogens with one attached hydrogen (secondary N) is 1. The Bertz CT molecular complexity index is 1420. The van der Waals surface area contributed by atoms with E-state index in [9.17, 15) is 13.2 Å². The summed E-state index contributed by atoms with van der Waals surface area (Å²) in [4.78, 5) is 12.6. The number of aryl methyl sites for hydroxylation is 1. The maximum atomic E-state index is 13.1. The van der Waals surface area contributed by atoms with Gasteiger partial charge >= 0.3 is 0 Å². The van der Waals surface area contributed by atoms with Crippen LogP contribution in [0.1, 0.15) is 33.3 Å². The average molecular weight is 460 g/mol. The van der Waals surface area contributed by atoms with E-state index in [1.165, 1.54) is 11.4 Å². The lowest BCUT2D eigenvalue weighted by molar-refractivity contribution is 0.0994. The fraction of sp³-hybridized carbons (Fsp3) is 0.222. The van der Waals surface area contributed by atoms with Crippen molar-refractivity contribution >= 4 is 44.6 Å². The third kappa shape index (κ3) is 3.70. The van der Waals surface area contributed by atoms with Crippen LogP contribution >= 0.6 is 22.9 Å². The van der Waals surface area contributed by atoms with E-state index < -0.39 is 39.3 Å². The van der Waals surface area contributed by atoms with Gasteiger partial charge in [-0.1, -0.05) is 16.8 Å². The van der Waals surface area contributed by atoms with E-state index in [1.54, 1.807) is 6.92 Å². The third-order valence-corrected chi connectivity index (χ3v) is 6.81. The minimum Gasteiger partial charge on any atom is -0.454 e. The SMILES string of the molecule is [2H]c1c(C)c(CC(=O)c2sccc2S(=O)(=O)Nc2onc(C([2H])([2H])[2H])c2Cl)c([2H])c2c1OCO2. The van der Waals surface area contributed by atoms with Crippen LogP contribution in [0.3, 0.4) is 0 Å². The number of sulfonamides is 1. The van der Waals surface area contributed by atoms with Crippen molar-refractivity contribution in [3.8, 4) is 11.5 Å². The first-order valence-corrected chi connectivity index (χ1v) is 10.7. The summed E-state index contributed by atoms with van der Waals surface area (Å²) in [6.07, 6.45) is -0.359. The number of Topliss-reactive ketones (excluding diaryl/α,β-unsaturated/α-hetero) is 1. The summed E-state index contributed by atoms with van der Waals surface area (Å²) < 4.78 is 81.7. The number of ketones is 1. The first kappa shape index (κ1) is 14.4. The van der Waals surface area contributed by atoms with Gasteiger partial charge < -0.3 is 14.0 Å². The summed E-state index contributed by atoms with van der Waals surface area (Å²) >= 11 is 6.78. The fourth-order valence-electron chi connectivity index (χ4n) is 2.59. The molecule has 0 unspecified atom stereocenters. The van der Waals surface area contributed by atoms with Gasteiger partial charge in [-0.15, -0.1) is 11.3 Å². The molecule has 152 valence electrons. The molecule has 0 atom stereocenters. The van der Waals surface area contributed by atoms with Crippen molar-refractivity contribution in [1.82, 2.24) is 5.16 Å². The van der Waals surface area contributed by atoms with Gasteiger partial charge in [0.2, 0.25) is 6.79 Å². The van der Waals surface area contributed by atoms with Crippen LogP contribution in [0.15, 0.2) is 32.9 Å². The van der Waals surface area contributed by atoms with Crippen LogP contribution < -0.4 is 14.2 Å². The molecule has 0 saturated heterocycles. The van der Waals surface area contributed by atoms with Gasteiger partial charge in [0.1, 0.15) is 15.6 Å².